The molecule has 1 aliphatic heterocycles. The molecule has 0 bridgehead atoms. The molecule has 0 unspecified atom stereocenters. The Labute approximate surface area is 198 Å². The van der Waals surface area contributed by atoms with Crippen LogP contribution in [0.3, 0.4) is 0 Å². The third-order valence-corrected chi connectivity index (χ3v) is 6.44. The molecule has 8 nitrogen and oxygen atoms in total. The molecule has 0 spiro atoms. The highest BCUT2D eigenvalue weighted by atomic mass is 16.5. The van der Waals surface area contributed by atoms with Gasteiger partial charge >= 0.3 is 5.97 Å². The minimum Gasteiger partial charge on any atom is -0.497 e. The van der Waals surface area contributed by atoms with Gasteiger partial charge in [-0.1, -0.05) is 25.0 Å². The number of rotatable bonds is 8. The molecule has 3 amide bonds. The van der Waals surface area contributed by atoms with E-state index in [0.29, 0.717) is 17.0 Å². The zero-order valence-electron chi connectivity index (χ0n) is 19.1. The van der Waals surface area contributed by atoms with Gasteiger partial charge in [-0.15, -0.1) is 0 Å². The molecule has 8 heteroatoms. The van der Waals surface area contributed by atoms with Crippen molar-refractivity contribution in [1.82, 2.24) is 4.90 Å². The lowest BCUT2D eigenvalue weighted by atomic mass is 9.81. The van der Waals surface area contributed by atoms with Crippen molar-refractivity contribution in [3.63, 3.8) is 0 Å². The van der Waals surface area contributed by atoms with Crippen LogP contribution in [0.15, 0.2) is 48.5 Å². The number of esters is 1. The third kappa shape index (κ3) is 5.27. The normalized spacial score (nSPS) is 19.5. The largest absolute Gasteiger partial charge is 0.497 e. The zero-order chi connectivity index (χ0) is 24.1. The second kappa shape index (κ2) is 10.5. The molecule has 34 heavy (non-hydrogen) atoms. The minimum atomic E-state index is -0.475. The molecule has 2 aromatic carbocycles. The van der Waals surface area contributed by atoms with Gasteiger partial charge in [0, 0.05) is 17.8 Å². The number of likely N-dealkylation sites (tertiary alicyclic amines) is 1. The van der Waals surface area contributed by atoms with E-state index >= 15 is 0 Å². The van der Waals surface area contributed by atoms with Crippen LogP contribution in [0.2, 0.25) is 0 Å². The summed E-state index contributed by atoms with van der Waals surface area (Å²) in [5.74, 6) is -0.744. The Morgan fingerprint density at radius 3 is 2.15 bits per heavy atom. The molecule has 178 valence electrons. The van der Waals surface area contributed by atoms with E-state index < -0.39 is 5.97 Å². The molecule has 2 aliphatic rings. The molecule has 2 atom stereocenters. The highest BCUT2D eigenvalue weighted by molar-refractivity contribution is 6.05. The van der Waals surface area contributed by atoms with E-state index in [1.165, 1.54) is 4.90 Å². The maximum absolute atomic E-state index is 12.5. The topological polar surface area (TPSA) is 102 Å². The van der Waals surface area contributed by atoms with Crippen LogP contribution in [0.5, 0.6) is 5.75 Å². The highest BCUT2D eigenvalue weighted by Crippen LogP contribution is 2.38. The first-order chi connectivity index (χ1) is 16.5. The summed E-state index contributed by atoms with van der Waals surface area (Å²) in [7, 11) is 1.58. The number of imide groups is 1. The number of benzene rings is 2. The van der Waals surface area contributed by atoms with Gasteiger partial charge in [0.25, 0.3) is 5.91 Å². The van der Waals surface area contributed by atoms with E-state index in [4.69, 9.17) is 9.47 Å². The number of hydrogen-bond donors (Lipinski definition) is 1. The Morgan fingerprint density at radius 2 is 1.56 bits per heavy atom. The minimum absolute atomic E-state index is 0.0285. The molecule has 0 aromatic heterocycles. The first kappa shape index (κ1) is 23.5. The second-order valence-electron chi connectivity index (χ2n) is 8.62. The van der Waals surface area contributed by atoms with Crippen molar-refractivity contribution in [1.29, 1.82) is 0 Å². The van der Waals surface area contributed by atoms with Gasteiger partial charge in [0.15, 0.2) is 0 Å². The monoisotopic (exact) mass is 464 g/mol. The average Bonchev–Trinajstić information content (AvgIpc) is 3.11. The molecule has 1 aliphatic carbocycles. The maximum Gasteiger partial charge on any atom is 0.307 e. The van der Waals surface area contributed by atoms with Gasteiger partial charge in [0.2, 0.25) is 11.8 Å². The Balaban J connectivity index is 1.23. The Hall–Kier alpha value is -3.68. The van der Waals surface area contributed by atoms with Crippen LogP contribution in [-0.2, 0) is 25.7 Å². The Morgan fingerprint density at radius 1 is 0.941 bits per heavy atom. The van der Waals surface area contributed by atoms with E-state index in [9.17, 15) is 19.2 Å². The molecular weight excluding hydrogens is 436 g/mol. The Bertz CT molecular complexity index is 1040. The van der Waals surface area contributed by atoms with Gasteiger partial charge in [0.05, 0.1) is 25.4 Å². The van der Waals surface area contributed by atoms with Crippen molar-refractivity contribution in [2.75, 3.05) is 19.0 Å². The van der Waals surface area contributed by atoms with Crippen LogP contribution in [0.25, 0.3) is 0 Å². The maximum atomic E-state index is 12.5. The zero-order valence-corrected chi connectivity index (χ0v) is 19.1. The van der Waals surface area contributed by atoms with Crippen LogP contribution in [0, 0.1) is 11.8 Å². The smallest absolute Gasteiger partial charge is 0.307 e. The number of carbonyl (C=O) groups is 4. The van der Waals surface area contributed by atoms with Crippen molar-refractivity contribution in [2.24, 2.45) is 11.8 Å². The highest BCUT2D eigenvalue weighted by Gasteiger charge is 2.47. The summed E-state index contributed by atoms with van der Waals surface area (Å²) >= 11 is 0. The predicted molar refractivity (Wildman–Crippen MR) is 124 cm³/mol. The number of amides is 3. The first-order valence-electron chi connectivity index (χ1n) is 11.5. The second-order valence-corrected chi connectivity index (χ2v) is 8.62. The van der Waals surface area contributed by atoms with Crippen molar-refractivity contribution < 1.29 is 28.7 Å². The number of fused-ring (bicyclic) bond motifs is 1. The lowest BCUT2D eigenvalue weighted by molar-refractivity contribution is -0.146. The number of hydrogen-bond acceptors (Lipinski definition) is 6. The first-order valence-corrected chi connectivity index (χ1v) is 11.5. The van der Waals surface area contributed by atoms with Gasteiger partial charge in [-0.25, -0.2) is 0 Å². The number of methoxy groups -OCH3 is 1. The van der Waals surface area contributed by atoms with Crippen LogP contribution >= 0.6 is 0 Å². The summed E-state index contributed by atoms with van der Waals surface area (Å²) in [5, 5.41) is 2.81. The summed E-state index contributed by atoms with van der Waals surface area (Å²) in [5.41, 5.74) is 1.85. The van der Waals surface area contributed by atoms with Gasteiger partial charge < -0.3 is 14.8 Å². The van der Waals surface area contributed by atoms with Gasteiger partial charge in [-0.3, -0.25) is 24.1 Å². The van der Waals surface area contributed by atoms with Crippen LogP contribution < -0.4 is 10.1 Å². The molecule has 1 saturated heterocycles. The van der Waals surface area contributed by atoms with Crippen molar-refractivity contribution in [2.45, 2.75) is 38.7 Å². The quantitative estimate of drug-likeness (QED) is 0.474. The fourth-order valence-electron chi connectivity index (χ4n) is 4.52. The standard InChI is InChI=1S/C26H28N2O6/c1-33-20-12-10-19(11-13-20)27-24(30)18-8-6-17(7-9-18)16-34-23(29)14-15-28-25(31)21-4-2-3-5-22(21)26(28)32/h6-13,21-22H,2-5,14-16H2,1H3,(H,27,30)/t21-,22+. The van der Waals surface area contributed by atoms with Gasteiger partial charge in [-0.05, 0) is 54.8 Å². The summed E-state index contributed by atoms with van der Waals surface area (Å²) in [6, 6.07) is 13.8. The Kier molecular flexibility index (Phi) is 7.25. The lowest BCUT2D eigenvalue weighted by Crippen LogP contribution is -2.33. The molecule has 2 aromatic rings. The SMILES string of the molecule is COc1ccc(NC(=O)c2ccc(COC(=O)CCN3C(=O)[C@H]4CCCC[C@H]4C3=O)cc2)cc1. The summed E-state index contributed by atoms with van der Waals surface area (Å²) in [6.45, 7) is 0.111. The average molecular weight is 465 g/mol. The van der Waals surface area contributed by atoms with Crippen LogP contribution in [0.1, 0.15) is 48.0 Å². The third-order valence-electron chi connectivity index (χ3n) is 6.44. The number of anilines is 1. The van der Waals surface area contributed by atoms with E-state index in [1.807, 2.05) is 0 Å². The fourth-order valence-corrected chi connectivity index (χ4v) is 4.52. The van der Waals surface area contributed by atoms with E-state index in [0.717, 1.165) is 31.2 Å². The van der Waals surface area contributed by atoms with Crippen molar-refractivity contribution in [3.05, 3.63) is 59.7 Å². The fraction of sp³-hybridized carbons (Fsp3) is 0.385. The van der Waals surface area contributed by atoms with Gasteiger partial charge in [-0.2, -0.15) is 0 Å². The summed E-state index contributed by atoms with van der Waals surface area (Å²) in [4.78, 5) is 50.8. The predicted octanol–water partition coefficient (Wildman–Crippen LogP) is 3.56. The molecule has 2 fully saturated rings. The van der Waals surface area contributed by atoms with Crippen LogP contribution in [0.4, 0.5) is 5.69 Å². The van der Waals surface area contributed by atoms with E-state index in [-0.39, 0.29) is 49.1 Å². The van der Waals surface area contributed by atoms with Crippen molar-refractivity contribution in [3.8, 4) is 5.75 Å². The molecule has 1 N–H and O–H groups in total. The number of carbonyl (C=O) groups excluding carboxylic acids is 4. The number of nitrogens with one attached hydrogen (secondary N) is 1. The van der Waals surface area contributed by atoms with E-state index in [2.05, 4.69) is 5.32 Å². The molecule has 4 rings (SSSR count). The van der Waals surface area contributed by atoms with E-state index in [1.54, 1.807) is 55.6 Å². The molecule has 1 heterocycles. The molecule has 1 saturated carbocycles. The van der Waals surface area contributed by atoms with Crippen molar-refractivity contribution >= 4 is 29.4 Å². The van der Waals surface area contributed by atoms with Gasteiger partial charge in [0.1, 0.15) is 12.4 Å². The summed E-state index contributed by atoms with van der Waals surface area (Å²) in [6.07, 6.45) is 3.42. The molecular formula is C26H28N2O6. The molecule has 0 radical (unpaired) electrons. The number of ether oxygens (including phenoxy) is 2. The van der Waals surface area contributed by atoms with Crippen LogP contribution in [-0.4, -0.2) is 42.2 Å². The summed E-state index contributed by atoms with van der Waals surface area (Å²) < 4.78 is 10.4. The number of nitrogens with zero attached hydrogens (tertiary/aromatic N) is 1. The lowest BCUT2D eigenvalue weighted by Gasteiger charge is -2.19.